The van der Waals surface area contributed by atoms with Gasteiger partial charge in [0.1, 0.15) is 9.84 Å². The van der Waals surface area contributed by atoms with Crippen LogP contribution in [0.3, 0.4) is 0 Å². The maximum atomic E-state index is 10.8. The molecule has 0 atom stereocenters. The molecule has 13 heavy (non-hydrogen) atoms. The summed E-state index contributed by atoms with van der Waals surface area (Å²) in [5.74, 6) is 0.341. The summed E-state index contributed by atoms with van der Waals surface area (Å²) in [6.45, 7) is 4.16. The lowest BCUT2D eigenvalue weighted by Crippen LogP contribution is -2.13. The molecule has 0 aliphatic heterocycles. The van der Waals surface area contributed by atoms with E-state index in [9.17, 15) is 8.42 Å². The molecule has 0 spiro atoms. The Bertz CT molecular complexity index is 200. The molecule has 0 aliphatic rings. The molecule has 0 rings (SSSR count). The maximum absolute atomic E-state index is 10.8. The lowest BCUT2D eigenvalue weighted by Gasteiger charge is -2.01. The first kappa shape index (κ1) is 12.9. The minimum absolute atomic E-state index is 0.341. The fraction of sp³-hybridized carbons (Fsp3) is 1.00. The van der Waals surface area contributed by atoms with Gasteiger partial charge in [-0.05, 0) is 25.9 Å². The van der Waals surface area contributed by atoms with Crippen molar-refractivity contribution in [3.63, 3.8) is 0 Å². The summed E-state index contributed by atoms with van der Waals surface area (Å²) < 4.78 is 21.5. The summed E-state index contributed by atoms with van der Waals surface area (Å²) in [5, 5.41) is 3.24. The van der Waals surface area contributed by atoms with E-state index >= 15 is 0 Å². The van der Waals surface area contributed by atoms with Crippen LogP contribution in [0.5, 0.6) is 0 Å². The van der Waals surface area contributed by atoms with E-state index in [1.54, 1.807) is 0 Å². The SMILES string of the molecule is CCNCCCCCCS(C)(=O)=O. The number of hydrogen-bond acceptors (Lipinski definition) is 3. The van der Waals surface area contributed by atoms with Gasteiger partial charge in [0.2, 0.25) is 0 Å². The number of rotatable bonds is 8. The van der Waals surface area contributed by atoms with Crippen molar-refractivity contribution in [3.8, 4) is 0 Å². The normalized spacial score (nSPS) is 11.8. The standard InChI is InChI=1S/C9H21NO2S/c1-3-10-8-6-4-5-7-9-13(2,11)12/h10H,3-9H2,1-2H3. The second kappa shape index (κ2) is 7.33. The van der Waals surface area contributed by atoms with Gasteiger partial charge in [-0.25, -0.2) is 8.42 Å². The third-order valence-electron chi connectivity index (χ3n) is 1.87. The molecule has 0 aromatic heterocycles. The molecule has 0 saturated heterocycles. The zero-order valence-electron chi connectivity index (χ0n) is 8.67. The first-order valence-corrected chi connectivity index (χ1v) is 7.00. The van der Waals surface area contributed by atoms with Crippen molar-refractivity contribution in [1.82, 2.24) is 5.32 Å². The second-order valence-electron chi connectivity index (χ2n) is 3.40. The van der Waals surface area contributed by atoms with Crippen LogP contribution in [0.25, 0.3) is 0 Å². The smallest absolute Gasteiger partial charge is 0.147 e. The van der Waals surface area contributed by atoms with Crippen LogP contribution >= 0.6 is 0 Å². The van der Waals surface area contributed by atoms with Gasteiger partial charge in [-0.15, -0.1) is 0 Å². The number of unbranched alkanes of at least 4 members (excludes halogenated alkanes) is 3. The molecule has 80 valence electrons. The van der Waals surface area contributed by atoms with Crippen LogP contribution in [0.1, 0.15) is 32.6 Å². The molecule has 0 aliphatic carbocycles. The van der Waals surface area contributed by atoms with E-state index in [1.807, 2.05) is 0 Å². The van der Waals surface area contributed by atoms with Gasteiger partial charge in [0.25, 0.3) is 0 Å². The molecular formula is C9H21NO2S. The molecule has 1 N–H and O–H groups in total. The predicted molar refractivity (Wildman–Crippen MR) is 56.7 cm³/mol. The molecular weight excluding hydrogens is 186 g/mol. The van der Waals surface area contributed by atoms with Crippen LogP contribution in [0.2, 0.25) is 0 Å². The van der Waals surface area contributed by atoms with Crippen molar-refractivity contribution >= 4 is 9.84 Å². The lowest BCUT2D eigenvalue weighted by molar-refractivity contribution is 0.586. The van der Waals surface area contributed by atoms with Gasteiger partial charge in [0.15, 0.2) is 0 Å². The molecule has 0 saturated carbocycles. The Kier molecular flexibility index (Phi) is 7.28. The highest BCUT2D eigenvalue weighted by atomic mass is 32.2. The number of nitrogens with one attached hydrogen (secondary N) is 1. The Morgan fingerprint density at radius 2 is 1.69 bits per heavy atom. The van der Waals surface area contributed by atoms with Crippen molar-refractivity contribution in [3.05, 3.63) is 0 Å². The second-order valence-corrected chi connectivity index (χ2v) is 5.66. The molecule has 0 unspecified atom stereocenters. The van der Waals surface area contributed by atoms with Crippen LogP contribution in [-0.4, -0.2) is 33.5 Å². The van der Waals surface area contributed by atoms with E-state index in [2.05, 4.69) is 12.2 Å². The van der Waals surface area contributed by atoms with Crippen molar-refractivity contribution < 1.29 is 8.42 Å². The lowest BCUT2D eigenvalue weighted by atomic mass is 10.2. The topological polar surface area (TPSA) is 46.2 Å². The fourth-order valence-electron chi connectivity index (χ4n) is 1.14. The molecule has 3 nitrogen and oxygen atoms in total. The van der Waals surface area contributed by atoms with Crippen LogP contribution in [0.15, 0.2) is 0 Å². The van der Waals surface area contributed by atoms with Crippen molar-refractivity contribution in [2.75, 3.05) is 25.1 Å². The molecule has 0 aromatic rings. The predicted octanol–water partition coefficient (Wildman–Crippen LogP) is 1.20. The highest BCUT2D eigenvalue weighted by molar-refractivity contribution is 7.90. The number of hydrogen-bond donors (Lipinski definition) is 1. The molecule has 0 fully saturated rings. The molecule has 0 aromatic carbocycles. The van der Waals surface area contributed by atoms with Gasteiger partial charge in [0.05, 0.1) is 0 Å². The summed E-state index contributed by atoms with van der Waals surface area (Å²) in [6.07, 6.45) is 5.41. The van der Waals surface area contributed by atoms with E-state index < -0.39 is 9.84 Å². The third kappa shape index (κ3) is 11.9. The van der Waals surface area contributed by atoms with E-state index in [1.165, 1.54) is 6.26 Å². The van der Waals surface area contributed by atoms with Crippen LogP contribution in [0, 0.1) is 0 Å². The van der Waals surface area contributed by atoms with Crippen molar-refractivity contribution in [1.29, 1.82) is 0 Å². The summed E-state index contributed by atoms with van der Waals surface area (Å²) in [7, 11) is -2.74. The van der Waals surface area contributed by atoms with Gasteiger partial charge in [-0.1, -0.05) is 19.8 Å². The van der Waals surface area contributed by atoms with Gasteiger partial charge < -0.3 is 5.32 Å². The highest BCUT2D eigenvalue weighted by Gasteiger charge is 2.00. The molecule has 0 radical (unpaired) electrons. The van der Waals surface area contributed by atoms with Crippen molar-refractivity contribution in [2.24, 2.45) is 0 Å². The first-order chi connectivity index (χ1) is 6.06. The summed E-state index contributed by atoms with van der Waals surface area (Å²) >= 11 is 0. The van der Waals surface area contributed by atoms with Gasteiger partial charge in [0, 0.05) is 12.0 Å². The van der Waals surface area contributed by atoms with E-state index in [0.717, 1.165) is 38.8 Å². The summed E-state index contributed by atoms with van der Waals surface area (Å²) in [5.41, 5.74) is 0. The largest absolute Gasteiger partial charge is 0.317 e. The minimum atomic E-state index is -2.74. The molecule has 0 heterocycles. The van der Waals surface area contributed by atoms with Gasteiger partial charge >= 0.3 is 0 Å². The fourth-order valence-corrected chi connectivity index (χ4v) is 1.87. The van der Waals surface area contributed by atoms with Gasteiger partial charge in [-0.3, -0.25) is 0 Å². The maximum Gasteiger partial charge on any atom is 0.147 e. The average molecular weight is 207 g/mol. The Labute approximate surface area is 81.8 Å². The summed E-state index contributed by atoms with van der Waals surface area (Å²) in [6, 6.07) is 0. The zero-order valence-corrected chi connectivity index (χ0v) is 9.49. The number of sulfone groups is 1. The van der Waals surface area contributed by atoms with Crippen molar-refractivity contribution in [2.45, 2.75) is 32.6 Å². The Morgan fingerprint density at radius 3 is 2.23 bits per heavy atom. The highest BCUT2D eigenvalue weighted by Crippen LogP contribution is 2.00. The average Bonchev–Trinajstić information content (AvgIpc) is 2.01. The quantitative estimate of drug-likeness (QED) is 0.608. The molecule has 4 heteroatoms. The van der Waals surface area contributed by atoms with E-state index in [0.29, 0.717) is 5.75 Å². The third-order valence-corrected chi connectivity index (χ3v) is 2.90. The van der Waals surface area contributed by atoms with Crippen LogP contribution in [0.4, 0.5) is 0 Å². The van der Waals surface area contributed by atoms with Gasteiger partial charge in [-0.2, -0.15) is 0 Å². The Morgan fingerprint density at radius 1 is 1.08 bits per heavy atom. The molecule has 0 amide bonds. The molecule has 0 bridgehead atoms. The van der Waals surface area contributed by atoms with E-state index in [4.69, 9.17) is 0 Å². The monoisotopic (exact) mass is 207 g/mol. The van der Waals surface area contributed by atoms with E-state index in [-0.39, 0.29) is 0 Å². The Balaban J connectivity index is 3.09. The Hall–Kier alpha value is -0.0900. The first-order valence-electron chi connectivity index (χ1n) is 4.94. The summed E-state index contributed by atoms with van der Waals surface area (Å²) in [4.78, 5) is 0. The minimum Gasteiger partial charge on any atom is -0.317 e. The zero-order chi connectivity index (χ0) is 10.2. The van der Waals surface area contributed by atoms with Crippen LogP contribution in [-0.2, 0) is 9.84 Å². The van der Waals surface area contributed by atoms with Crippen LogP contribution < -0.4 is 5.32 Å².